The van der Waals surface area contributed by atoms with Gasteiger partial charge in [0, 0.05) is 70.0 Å². The average molecular weight is 1120 g/mol. The molecule has 0 saturated heterocycles. The number of aromatic nitrogens is 5. The topological polar surface area (TPSA) is 120 Å². The normalized spacial score (nSPS) is 11.6. The molecule has 0 saturated carbocycles. The number of fused-ring (bicyclic) bond motifs is 2. The van der Waals surface area contributed by atoms with Gasteiger partial charge in [-0.3, -0.25) is 9.55 Å². The molecule has 6 rings (SSSR count). The molecule has 64 heavy (non-hydrogen) atoms. The van der Waals surface area contributed by atoms with Gasteiger partial charge in [0.2, 0.25) is 0 Å². The molecule has 0 amide bonds. The molecule has 348 valence electrons. The number of alkyl halides is 1. The van der Waals surface area contributed by atoms with Gasteiger partial charge in [0.15, 0.2) is 0 Å². The summed E-state index contributed by atoms with van der Waals surface area (Å²) in [5.74, 6) is -0.647. The average Bonchev–Trinajstić information content (AvgIpc) is 3.72. The van der Waals surface area contributed by atoms with E-state index in [0.29, 0.717) is 41.3 Å². The minimum Gasteiger partial charge on any atom is -0.465 e. The second-order valence-corrected chi connectivity index (χ2v) is 45.5. The van der Waals surface area contributed by atoms with E-state index in [9.17, 15) is 9.59 Å². The van der Waals surface area contributed by atoms with E-state index in [1.165, 1.54) is 14.2 Å². The molecule has 1 aromatic carbocycles. The molecule has 6 aromatic rings. The fourth-order valence-electron chi connectivity index (χ4n) is 6.07. The van der Waals surface area contributed by atoms with E-state index in [1.54, 1.807) is 30.6 Å². The fourth-order valence-corrected chi connectivity index (χ4v) is 11.4. The van der Waals surface area contributed by atoms with Crippen LogP contribution in [-0.4, -0.2) is 98.0 Å². The number of carbonyl (C=O) groups is 2. The predicted molar refractivity (Wildman–Crippen MR) is 276 cm³/mol. The van der Waals surface area contributed by atoms with E-state index < -0.39 is 34.5 Å². The Bertz CT molecular complexity index is 2470. The molecule has 0 N–H and O–H groups in total. The van der Waals surface area contributed by atoms with Gasteiger partial charge in [-0.05, 0) is 65.7 Å². The molecular weight excluding hydrogens is 1060 g/mol. The molecule has 0 unspecified atom stereocenters. The zero-order valence-electron chi connectivity index (χ0n) is 38.5. The van der Waals surface area contributed by atoms with Gasteiger partial charge >= 0.3 is 94.4 Å². The summed E-state index contributed by atoms with van der Waals surface area (Å²) in [7, 11) is 0.612. The Labute approximate surface area is 404 Å². The maximum absolute atomic E-state index is 11.7. The van der Waals surface area contributed by atoms with Gasteiger partial charge in [0.25, 0.3) is 0 Å². The molecule has 0 aliphatic rings. The Morgan fingerprint density at radius 2 is 1.22 bits per heavy atom. The number of methoxy groups -OCH3 is 2. The minimum absolute atomic E-state index is 0. The van der Waals surface area contributed by atoms with Gasteiger partial charge < -0.3 is 18.8 Å². The Hall–Kier alpha value is -3.10. The Balaban J connectivity index is 0.000000271. The number of esters is 2. The maximum atomic E-state index is 11.7. The van der Waals surface area contributed by atoms with Crippen molar-refractivity contribution in [3.63, 3.8) is 0 Å². The monoisotopic (exact) mass is 1120 g/mol. The number of rotatable bonds is 16. The second kappa shape index (κ2) is 25.2. The summed E-state index contributed by atoms with van der Waals surface area (Å²) in [4.78, 5) is 42.9. The summed E-state index contributed by atoms with van der Waals surface area (Å²) < 4.78 is 26.1. The van der Waals surface area contributed by atoms with Crippen molar-refractivity contribution in [3.8, 4) is 0 Å². The van der Waals surface area contributed by atoms with Crippen molar-refractivity contribution in [2.75, 3.05) is 27.4 Å². The third kappa shape index (κ3) is 17.3. The smallest absolute Gasteiger partial charge is 0.337 e. The van der Waals surface area contributed by atoms with Crippen molar-refractivity contribution < 1.29 is 28.5 Å². The number of carbonyl (C=O) groups excluding carboxylic acids is 2. The number of benzene rings is 1. The van der Waals surface area contributed by atoms with E-state index in [1.807, 2.05) is 33.5 Å². The molecule has 0 atom stereocenters. The number of nitrogens with zero attached hydrogens (tertiary/aromatic N) is 5. The van der Waals surface area contributed by atoms with E-state index in [0.717, 1.165) is 73.1 Å². The third-order valence-corrected chi connectivity index (χ3v) is 19.7. The molecule has 17 heteroatoms. The van der Waals surface area contributed by atoms with Crippen LogP contribution < -0.4 is 3.71 Å². The number of halogens is 3. The summed E-state index contributed by atoms with van der Waals surface area (Å²) >= 11 is 14.0. The molecule has 0 radical (unpaired) electrons. The molecular formula is C47H66BrCl2N5O6Si2Sn. The predicted octanol–water partition coefficient (Wildman–Crippen LogP) is 12.3. The number of hydrogen-bond acceptors (Lipinski definition) is 9. The van der Waals surface area contributed by atoms with E-state index in [2.05, 4.69) is 114 Å². The summed E-state index contributed by atoms with van der Waals surface area (Å²) in [5, 5.41) is 4.25. The zero-order valence-corrected chi connectivity index (χ0v) is 46.4. The molecule has 0 aliphatic carbocycles. The Kier molecular flexibility index (Phi) is 21.7. The van der Waals surface area contributed by atoms with Crippen molar-refractivity contribution in [3.05, 3.63) is 118 Å². The van der Waals surface area contributed by atoms with Crippen LogP contribution in [0, 0.1) is 0 Å². The largest absolute Gasteiger partial charge is 0.465 e. The summed E-state index contributed by atoms with van der Waals surface area (Å²) in [6.45, 7) is 16.5. The van der Waals surface area contributed by atoms with E-state index >= 15 is 0 Å². The van der Waals surface area contributed by atoms with Crippen LogP contribution in [0.2, 0.25) is 76.5 Å². The van der Waals surface area contributed by atoms with Crippen LogP contribution in [0.3, 0.4) is 0 Å². The molecule has 5 aromatic heterocycles. The molecule has 5 heterocycles. The molecule has 0 fully saturated rings. The van der Waals surface area contributed by atoms with Crippen molar-refractivity contribution in [1.82, 2.24) is 24.1 Å². The summed E-state index contributed by atoms with van der Waals surface area (Å²) in [5.41, 5.74) is 6.09. The van der Waals surface area contributed by atoms with Crippen LogP contribution in [0.15, 0.2) is 79.3 Å². The van der Waals surface area contributed by atoms with Crippen LogP contribution in [0.1, 0.15) is 45.0 Å². The summed E-state index contributed by atoms with van der Waals surface area (Å²) in [6, 6.07) is 21.5. The van der Waals surface area contributed by atoms with Gasteiger partial charge in [-0.1, -0.05) is 91.9 Å². The van der Waals surface area contributed by atoms with Crippen molar-refractivity contribution >= 4 is 111 Å². The zero-order chi connectivity index (χ0) is 46.5. The van der Waals surface area contributed by atoms with Crippen molar-refractivity contribution in [1.29, 1.82) is 0 Å². The van der Waals surface area contributed by atoms with E-state index in [-0.39, 0.29) is 19.4 Å². The van der Waals surface area contributed by atoms with Gasteiger partial charge in [-0.2, -0.15) is 0 Å². The van der Waals surface area contributed by atoms with Crippen molar-refractivity contribution in [2.24, 2.45) is 0 Å². The molecule has 0 bridgehead atoms. The molecule has 11 nitrogen and oxygen atoms in total. The SMILES string of the molecule is C.COC(=O)c1ccn[c]([Sn]([CH3])([CH3])[CH3])c1.COC(=O)c1ccnc(Cc2ccc3c(c2)cc(Cl)n3COCC[Si](C)(C)C)c1.C[Si](C)(C)CCOCn1c(Cl)cc2cc(CBr)cnc21. The van der Waals surface area contributed by atoms with E-state index in [4.69, 9.17) is 37.4 Å². The molecule has 0 aliphatic heterocycles. The Morgan fingerprint density at radius 3 is 1.78 bits per heavy atom. The van der Waals surface area contributed by atoms with Gasteiger partial charge in [0.1, 0.15) is 29.4 Å². The maximum Gasteiger partial charge on any atom is 0.337 e. The fraction of sp³-hybridized carbons (Fsp3) is 0.426. The van der Waals surface area contributed by atoms with Crippen LogP contribution in [0.5, 0.6) is 0 Å². The van der Waals surface area contributed by atoms with Crippen LogP contribution in [0.25, 0.3) is 21.9 Å². The standard InChI is InChI=1S/C22H27ClN2O3Si.C14H20BrClN2OSi.C7H6NO2.CH4.3CH3.Sn/c1-27-22(26)17-7-8-24-19(13-17)12-16-5-6-20-18(11-16)14-21(23)25(20)15-28-9-10-29(2,3)4;1-20(2,3)5-4-19-10-18-13(16)7-12-6-11(8-15)9-17-14(12)18;1-10-7(9)6-2-4-8-5-3-6;;;;;/h5-8,11,13-14H,9-10,12,15H2,1-4H3;6-7,9H,4-5,8,10H2,1-3H3;2-4H,1H3;1H4;3*1H3;. The van der Waals surface area contributed by atoms with Crippen molar-refractivity contribution in [2.45, 2.75) is 98.8 Å². The van der Waals surface area contributed by atoms with Crippen LogP contribution in [0.4, 0.5) is 0 Å². The first-order valence-corrected chi connectivity index (χ1v) is 40.1. The van der Waals surface area contributed by atoms with Crippen LogP contribution >= 0.6 is 39.1 Å². The first-order valence-electron chi connectivity index (χ1n) is 20.8. The first-order chi connectivity index (χ1) is 29.6. The Morgan fingerprint density at radius 1 is 0.688 bits per heavy atom. The number of pyridine rings is 3. The van der Waals surface area contributed by atoms with Gasteiger partial charge in [-0.15, -0.1) is 0 Å². The summed E-state index contributed by atoms with van der Waals surface area (Å²) in [6.07, 6.45) is 5.80. The number of hydrogen-bond donors (Lipinski definition) is 0. The van der Waals surface area contributed by atoms with Gasteiger partial charge in [0.05, 0.1) is 18.2 Å². The number of ether oxygens (including phenoxy) is 4. The molecule has 0 spiro atoms. The quantitative estimate of drug-likeness (QED) is 0.0404. The van der Waals surface area contributed by atoms with Crippen LogP contribution in [-0.2, 0) is 44.2 Å². The second-order valence-electron chi connectivity index (χ2n) is 18.6. The third-order valence-electron chi connectivity index (χ3n) is 9.82. The minimum atomic E-state index is -2.15. The van der Waals surface area contributed by atoms with Gasteiger partial charge in [-0.25, -0.2) is 9.78 Å². The first kappa shape index (κ1) is 55.2.